The molecular formula is C16H17NO4. The Balaban J connectivity index is 2.03. The van der Waals surface area contributed by atoms with Gasteiger partial charge in [0.05, 0.1) is 6.26 Å². The Kier molecular flexibility index (Phi) is 3.41. The normalized spacial score (nSPS) is 21.2. The Hall–Kier alpha value is -2.30. The highest BCUT2D eigenvalue weighted by Crippen LogP contribution is 2.44. The molecule has 0 bridgehead atoms. The molecule has 0 atom stereocenters. The first-order valence-corrected chi connectivity index (χ1v) is 7.12. The molecule has 5 heteroatoms. The summed E-state index contributed by atoms with van der Waals surface area (Å²) in [6, 6.07) is 3.57. The molecule has 3 rings (SSSR count). The van der Waals surface area contributed by atoms with Crippen molar-refractivity contribution in [1.82, 2.24) is 0 Å². The van der Waals surface area contributed by atoms with E-state index >= 15 is 0 Å². The van der Waals surface area contributed by atoms with Crippen LogP contribution < -0.4 is 5.73 Å². The monoisotopic (exact) mass is 287 g/mol. The van der Waals surface area contributed by atoms with Gasteiger partial charge in [0.2, 0.25) is 0 Å². The van der Waals surface area contributed by atoms with Crippen molar-refractivity contribution in [2.24, 2.45) is 5.73 Å². The molecule has 1 spiro atoms. The summed E-state index contributed by atoms with van der Waals surface area (Å²) in [6.07, 6.45) is 9.54. The highest BCUT2D eigenvalue weighted by Gasteiger charge is 2.48. The van der Waals surface area contributed by atoms with Crippen LogP contribution in [0.5, 0.6) is 0 Å². The molecule has 1 aromatic heterocycles. The minimum absolute atomic E-state index is 0.0280. The van der Waals surface area contributed by atoms with Gasteiger partial charge in [0.25, 0.3) is 5.91 Å². The van der Waals surface area contributed by atoms with E-state index in [1.54, 1.807) is 30.5 Å². The first-order valence-electron chi connectivity index (χ1n) is 7.12. The van der Waals surface area contributed by atoms with Gasteiger partial charge in [0.15, 0.2) is 0 Å². The van der Waals surface area contributed by atoms with Gasteiger partial charge in [-0.05, 0) is 43.9 Å². The molecule has 21 heavy (non-hydrogen) atoms. The zero-order valence-electron chi connectivity index (χ0n) is 11.6. The van der Waals surface area contributed by atoms with Crippen LogP contribution in [0.1, 0.15) is 37.9 Å². The van der Waals surface area contributed by atoms with Gasteiger partial charge in [0, 0.05) is 5.57 Å². The largest absolute Gasteiger partial charge is 0.465 e. The molecule has 0 saturated heterocycles. The molecule has 0 aromatic carbocycles. The van der Waals surface area contributed by atoms with Crippen molar-refractivity contribution in [3.05, 3.63) is 41.4 Å². The maximum absolute atomic E-state index is 12.0. The SMILES string of the molecule is NC(=O)C1=C(/C=C/c2ccco2)C2(CCCCC2)OC1=O. The molecule has 2 heterocycles. The smallest absolute Gasteiger partial charge is 0.345 e. The molecule has 1 aromatic rings. The number of hydrogen-bond donors (Lipinski definition) is 1. The molecule has 2 N–H and O–H groups in total. The molecule has 1 aliphatic carbocycles. The van der Waals surface area contributed by atoms with Crippen molar-refractivity contribution in [2.75, 3.05) is 0 Å². The summed E-state index contributed by atoms with van der Waals surface area (Å²) in [6.45, 7) is 0. The summed E-state index contributed by atoms with van der Waals surface area (Å²) >= 11 is 0. The first kappa shape index (κ1) is 13.7. The van der Waals surface area contributed by atoms with Gasteiger partial charge in [-0.25, -0.2) is 4.79 Å². The Bertz CT molecular complexity index is 619. The average molecular weight is 287 g/mol. The van der Waals surface area contributed by atoms with Crippen molar-refractivity contribution in [2.45, 2.75) is 37.7 Å². The van der Waals surface area contributed by atoms with Gasteiger partial charge in [-0.15, -0.1) is 0 Å². The standard InChI is InChI=1S/C16H17NO4/c17-14(18)13-12(7-6-11-5-4-10-20-11)16(21-15(13)19)8-2-1-3-9-16/h4-7,10H,1-3,8-9H2,(H2,17,18)/b7-6+. The van der Waals surface area contributed by atoms with Crippen molar-refractivity contribution in [3.63, 3.8) is 0 Å². The summed E-state index contributed by atoms with van der Waals surface area (Å²) in [5.74, 6) is -0.693. The van der Waals surface area contributed by atoms with Crippen molar-refractivity contribution in [1.29, 1.82) is 0 Å². The van der Waals surface area contributed by atoms with E-state index in [4.69, 9.17) is 14.9 Å². The molecule has 2 aliphatic rings. The number of amides is 1. The molecule has 1 fully saturated rings. The lowest BCUT2D eigenvalue weighted by Gasteiger charge is -2.33. The third-order valence-corrected chi connectivity index (χ3v) is 4.12. The number of carbonyl (C=O) groups is 2. The lowest BCUT2D eigenvalue weighted by Crippen LogP contribution is -2.34. The van der Waals surface area contributed by atoms with Gasteiger partial charge >= 0.3 is 5.97 Å². The van der Waals surface area contributed by atoms with Crippen LogP contribution in [0.3, 0.4) is 0 Å². The van der Waals surface area contributed by atoms with Crippen LogP contribution in [-0.2, 0) is 14.3 Å². The minimum Gasteiger partial charge on any atom is -0.465 e. The summed E-state index contributed by atoms with van der Waals surface area (Å²) in [7, 11) is 0. The van der Waals surface area contributed by atoms with Crippen LogP contribution in [-0.4, -0.2) is 17.5 Å². The minimum atomic E-state index is -0.735. The Morgan fingerprint density at radius 1 is 1.24 bits per heavy atom. The van der Waals surface area contributed by atoms with Crippen LogP contribution in [0.2, 0.25) is 0 Å². The molecule has 1 saturated carbocycles. The average Bonchev–Trinajstić information content (AvgIpc) is 3.04. The van der Waals surface area contributed by atoms with Crippen LogP contribution >= 0.6 is 0 Å². The number of carbonyl (C=O) groups excluding carboxylic acids is 2. The molecule has 0 unspecified atom stereocenters. The maximum Gasteiger partial charge on any atom is 0.345 e. The second-order valence-electron chi connectivity index (χ2n) is 5.45. The Labute approximate surface area is 122 Å². The number of esters is 1. The van der Waals surface area contributed by atoms with E-state index in [0.29, 0.717) is 11.3 Å². The molecule has 5 nitrogen and oxygen atoms in total. The number of furan rings is 1. The number of hydrogen-bond acceptors (Lipinski definition) is 4. The van der Waals surface area contributed by atoms with E-state index < -0.39 is 17.5 Å². The Morgan fingerprint density at radius 3 is 2.62 bits per heavy atom. The summed E-state index contributed by atoms with van der Waals surface area (Å²) in [5.41, 5.74) is 5.24. The third-order valence-electron chi connectivity index (χ3n) is 4.12. The molecule has 1 aliphatic heterocycles. The highest BCUT2D eigenvalue weighted by atomic mass is 16.6. The van der Waals surface area contributed by atoms with Crippen LogP contribution in [0, 0.1) is 0 Å². The quantitative estimate of drug-likeness (QED) is 0.683. The number of ether oxygens (including phenoxy) is 1. The number of primary amides is 1. The van der Waals surface area contributed by atoms with E-state index in [0.717, 1.165) is 32.1 Å². The van der Waals surface area contributed by atoms with Gasteiger partial charge in [-0.2, -0.15) is 0 Å². The van der Waals surface area contributed by atoms with Crippen LogP contribution in [0.15, 0.2) is 40.0 Å². The van der Waals surface area contributed by atoms with Gasteiger partial charge in [0.1, 0.15) is 16.9 Å². The fourth-order valence-electron chi connectivity index (χ4n) is 3.14. The van der Waals surface area contributed by atoms with E-state index in [2.05, 4.69) is 0 Å². The predicted molar refractivity (Wildman–Crippen MR) is 75.9 cm³/mol. The van der Waals surface area contributed by atoms with Gasteiger partial charge in [-0.3, -0.25) is 4.79 Å². The van der Waals surface area contributed by atoms with Crippen molar-refractivity contribution >= 4 is 18.0 Å². The summed E-state index contributed by atoms with van der Waals surface area (Å²) in [4.78, 5) is 23.6. The fraction of sp³-hybridized carbons (Fsp3) is 0.375. The van der Waals surface area contributed by atoms with Crippen molar-refractivity contribution in [3.8, 4) is 0 Å². The predicted octanol–water partition coefficient (Wildman–Crippen LogP) is 2.33. The van der Waals surface area contributed by atoms with Crippen LogP contribution in [0.25, 0.3) is 6.08 Å². The van der Waals surface area contributed by atoms with E-state index in [1.807, 2.05) is 0 Å². The first-order chi connectivity index (χ1) is 10.1. The van der Waals surface area contributed by atoms with Gasteiger partial charge < -0.3 is 14.9 Å². The second kappa shape index (κ2) is 5.24. The molecule has 0 radical (unpaired) electrons. The third kappa shape index (κ3) is 2.39. The second-order valence-corrected chi connectivity index (χ2v) is 5.45. The topological polar surface area (TPSA) is 82.5 Å². The lowest BCUT2D eigenvalue weighted by molar-refractivity contribution is -0.149. The number of rotatable bonds is 3. The highest BCUT2D eigenvalue weighted by molar-refractivity contribution is 6.18. The van der Waals surface area contributed by atoms with Crippen molar-refractivity contribution < 1.29 is 18.7 Å². The zero-order valence-corrected chi connectivity index (χ0v) is 11.6. The lowest BCUT2D eigenvalue weighted by atomic mass is 9.78. The summed E-state index contributed by atoms with van der Waals surface area (Å²) in [5, 5.41) is 0. The molecule has 110 valence electrons. The Morgan fingerprint density at radius 2 is 2.00 bits per heavy atom. The number of nitrogens with two attached hydrogens (primary N) is 1. The zero-order chi connectivity index (χ0) is 14.9. The maximum atomic E-state index is 12.0. The summed E-state index contributed by atoms with van der Waals surface area (Å²) < 4.78 is 10.8. The van der Waals surface area contributed by atoms with E-state index in [-0.39, 0.29) is 5.57 Å². The van der Waals surface area contributed by atoms with E-state index in [9.17, 15) is 9.59 Å². The molecular weight excluding hydrogens is 270 g/mol. The van der Waals surface area contributed by atoms with E-state index in [1.165, 1.54) is 0 Å². The van der Waals surface area contributed by atoms with Gasteiger partial charge in [-0.1, -0.05) is 12.5 Å². The fourth-order valence-corrected chi connectivity index (χ4v) is 3.14. The molecule has 1 amide bonds. The van der Waals surface area contributed by atoms with Crippen LogP contribution in [0.4, 0.5) is 0 Å².